The molecule has 222 valence electrons. The first-order valence-electron chi connectivity index (χ1n) is 12.8. The van der Waals surface area contributed by atoms with Crippen LogP contribution < -0.4 is 20.1 Å². The average Bonchev–Trinajstić information content (AvgIpc) is 2.92. The molecule has 0 unspecified atom stereocenters. The predicted octanol–water partition coefficient (Wildman–Crippen LogP) is 5.35. The quantitative estimate of drug-likeness (QED) is 0.229. The monoisotopic (exact) mass is 608 g/mol. The topological polar surface area (TPSA) is 118 Å². The minimum Gasteiger partial charge on any atom is -0.437 e. The summed E-state index contributed by atoms with van der Waals surface area (Å²) in [5.41, 5.74) is 0.0212. The van der Waals surface area contributed by atoms with Gasteiger partial charge in [0.1, 0.15) is 11.9 Å². The van der Waals surface area contributed by atoms with E-state index in [0.29, 0.717) is 24.2 Å². The summed E-state index contributed by atoms with van der Waals surface area (Å²) in [6.07, 6.45) is -2.77. The van der Waals surface area contributed by atoms with Crippen molar-refractivity contribution in [2.45, 2.75) is 31.7 Å². The molecular weight excluding hydrogens is 583 g/mol. The molecule has 1 fully saturated rings. The lowest BCUT2D eigenvalue weighted by Crippen LogP contribution is -2.44. The third kappa shape index (κ3) is 6.68. The van der Waals surface area contributed by atoms with Gasteiger partial charge in [-0.05, 0) is 25.1 Å². The Morgan fingerprint density at radius 3 is 2.55 bits per heavy atom. The molecule has 0 aliphatic carbocycles. The minimum absolute atomic E-state index is 0.0142. The summed E-state index contributed by atoms with van der Waals surface area (Å²) in [5.74, 6) is -3.01. The van der Waals surface area contributed by atoms with Crippen molar-refractivity contribution in [2.75, 3.05) is 28.9 Å². The van der Waals surface area contributed by atoms with E-state index in [9.17, 15) is 26.0 Å². The summed E-state index contributed by atoms with van der Waals surface area (Å²) in [7, 11) is -4.97. The Kier molecular flexibility index (Phi) is 8.14. The van der Waals surface area contributed by atoms with Gasteiger partial charge in [0.05, 0.1) is 16.9 Å². The van der Waals surface area contributed by atoms with Crippen LogP contribution in [0.4, 0.5) is 33.6 Å². The molecule has 4 aromatic rings. The zero-order chi connectivity index (χ0) is 30.1. The van der Waals surface area contributed by atoms with Crippen LogP contribution in [-0.4, -0.2) is 60.6 Å². The van der Waals surface area contributed by atoms with Gasteiger partial charge in [-0.1, -0.05) is 24.3 Å². The molecule has 42 heavy (non-hydrogen) atoms. The molecule has 2 aromatic heterocycles. The molecule has 0 spiro atoms. The van der Waals surface area contributed by atoms with Crippen molar-refractivity contribution in [3.8, 4) is 22.9 Å². The van der Waals surface area contributed by atoms with Gasteiger partial charge in [0.15, 0.2) is 11.6 Å². The number of fused-ring (bicyclic) bond motifs is 1. The van der Waals surface area contributed by atoms with Gasteiger partial charge >= 0.3 is 6.18 Å². The Hall–Kier alpha value is -4.11. The Morgan fingerprint density at radius 2 is 1.81 bits per heavy atom. The maximum absolute atomic E-state index is 15.6. The Labute approximate surface area is 237 Å². The van der Waals surface area contributed by atoms with Crippen molar-refractivity contribution in [3.63, 3.8) is 0 Å². The number of hydrogen-bond acceptors (Lipinski definition) is 8. The Balaban J connectivity index is 1.51. The van der Waals surface area contributed by atoms with Gasteiger partial charge in [-0.25, -0.2) is 32.2 Å². The zero-order valence-corrected chi connectivity index (χ0v) is 22.9. The largest absolute Gasteiger partial charge is 0.437 e. The van der Waals surface area contributed by atoms with Crippen molar-refractivity contribution in [1.29, 1.82) is 0 Å². The smallest absolute Gasteiger partial charge is 0.404 e. The van der Waals surface area contributed by atoms with Gasteiger partial charge in [-0.2, -0.15) is 13.2 Å². The van der Waals surface area contributed by atoms with Gasteiger partial charge in [0.25, 0.3) is 0 Å². The maximum Gasteiger partial charge on any atom is 0.404 e. The van der Waals surface area contributed by atoms with Crippen LogP contribution in [0.15, 0.2) is 54.9 Å². The summed E-state index contributed by atoms with van der Waals surface area (Å²) in [5, 5.41) is 6.32. The van der Waals surface area contributed by atoms with E-state index in [1.807, 2.05) is 0 Å². The number of benzene rings is 2. The molecule has 9 nitrogen and oxygen atoms in total. The van der Waals surface area contributed by atoms with Crippen LogP contribution in [-0.2, 0) is 10.0 Å². The van der Waals surface area contributed by atoms with E-state index < -0.39 is 39.6 Å². The van der Waals surface area contributed by atoms with Crippen LogP contribution >= 0.6 is 0 Å². The third-order valence-electron chi connectivity index (χ3n) is 6.47. The average molecular weight is 609 g/mol. The van der Waals surface area contributed by atoms with Gasteiger partial charge < -0.3 is 15.4 Å². The summed E-state index contributed by atoms with van der Waals surface area (Å²) in [6, 6.07) is 10.6. The molecule has 15 heteroatoms. The van der Waals surface area contributed by atoms with Crippen LogP contribution in [0.1, 0.15) is 12.0 Å². The van der Waals surface area contributed by atoms with Crippen molar-refractivity contribution < 1.29 is 35.1 Å². The number of aromatic nitrogens is 3. The third-order valence-corrected chi connectivity index (χ3v) is 7.70. The molecule has 1 aliphatic rings. The molecule has 3 N–H and O–H groups in total. The molecule has 2 atom stereocenters. The first-order valence-corrected chi connectivity index (χ1v) is 14.4. The molecule has 3 heterocycles. The molecule has 2 aromatic carbocycles. The number of nitrogens with one attached hydrogen (secondary N) is 3. The molecule has 0 radical (unpaired) electrons. The highest BCUT2D eigenvalue weighted by Gasteiger charge is 2.36. The first-order chi connectivity index (χ1) is 19.9. The number of hydrogen-bond donors (Lipinski definition) is 3. The summed E-state index contributed by atoms with van der Waals surface area (Å²) in [6.45, 7) is 2.13. The van der Waals surface area contributed by atoms with Gasteiger partial charge in [0, 0.05) is 54.3 Å². The van der Waals surface area contributed by atoms with Gasteiger partial charge in [-0.15, -0.1) is 0 Å². The highest BCUT2D eigenvalue weighted by molar-refractivity contribution is 7.92. The molecular formula is C27H25F5N6O3S. The fourth-order valence-corrected chi connectivity index (χ4v) is 5.68. The van der Waals surface area contributed by atoms with Crippen molar-refractivity contribution >= 4 is 32.4 Å². The number of rotatable bonds is 8. The number of pyridine rings is 1. The van der Waals surface area contributed by atoms with Crippen LogP contribution in [0.2, 0.25) is 0 Å². The van der Waals surface area contributed by atoms with E-state index in [1.165, 1.54) is 37.5 Å². The van der Waals surface area contributed by atoms with Crippen molar-refractivity contribution in [2.24, 2.45) is 0 Å². The van der Waals surface area contributed by atoms with Crippen molar-refractivity contribution in [3.05, 3.63) is 66.2 Å². The standard InChI is InChI=1S/C27H25F5N6O3S/c1-15-22(29)23(38-42(39,40)14-27(30,31)32)18-5-2-3-6-19(18)24(15)41-25-20(7-4-9-34-25)21-8-10-35-26(37-21)36-17-11-16(28)12-33-13-17/h2-10,16-17,33,38H,11-14H2,1H3,(H,35,36,37)/t16-,17-/m0/s1. The van der Waals surface area contributed by atoms with E-state index in [-0.39, 0.29) is 46.5 Å². The number of anilines is 2. The van der Waals surface area contributed by atoms with Crippen molar-refractivity contribution in [1.82, 2.24) is 20.3 Å². The molecule has 0 bridgehead atoms. The van der Waals surface area contributed by atoms with Crippen LogP contribution in [0.3, 0.4) is 0 Å². The summed E-state index contributed by atoms with van der Waals surface area (Å²) >= 11 is 0. The lowest BCUT2D eigenvalue weighted by atomic mass is 10.0. The maximum atomic E-state index is 15.6. The van der Waals surface area contributed by atoms with Crippen LogP contribution in [0.5, 0.6) is 11.6 Å². The summed E-state index contributed by atoms with van der Waals surface area (Å²) in [4.78, 5) is 13.0. The number of sulfonamides is 1. The fraction of sp³-hybridized carbons (Fsp3) is 0.296. The van der Waals surface area contributed by atoms with E-state index >= 15 is 4.39 Å². The van der Waals surface area contributed by atoms with Gasteiger partial charge in [0.2, 0.25) is 21.9 Å². The Morgan fingerprint density at radius 1 is 1.05 bits per heavy atom. The lowest BCUT2D eigenvalue weighted by Gasteiger charge is -2.26. The molecule has 5 rings (SSSR count). The highest BCUT2D eigenvalue weighted by Crippen LogP contribution is 2.42. The summed E-state index contributed by atoms with van der Waals surface area (Å²) < 4.78 is 100. The second-order valence-electron chi connectivity index (χ2n) is 9.72. The first kappa shape index (κ1) is 29.4. The number of ether oxygens (including phenoxy) is 1. The lowest BCUT2D eigenvalue weighted by molar-refractivity contribution is -0.106. The van der Waals surface area contributed by atoms with E-state index in [2.05, 4.69) is 25.6 Å². The Bertz CT molecular complexity index is 1720. The fourth-order valence-electron chi connectivity index (χ4n) is 4.67. The molecule has 1 aliphatic heterocycles. The van der Waals surface area contributed by atoms with Gasteiger partial charge in [-0.3, -0.25) is 4.72 Å². The van der Waals surface area contributed by atoms with E-state index in [0.717, 1.165) is 0 Å². The normalized spacial score (nSPS) is 17.7. The van der Waals surface area contributed by atoms with Crippen LogP contribution in [0, 0.1) is 12.7 Å². The minimum atomic E-state index is -5.02. The second-order valence-corrected chi connectivity index (χ2v) is 11.4. The SMILES string of the molecule is Cc1c(F)c(NS(=O)(=O)CC(F)(F)F)c2ccccc2c1Oc1ncccc1-c1ccnc(N[C@@H]2CNC[C@@H](F)C2)n1. The molecule has 1 saturated heterocycles. The highest BCUT2D eigenvalue weighted by atomic mass is 32.2. The number of piperidine rings is 1. The number of nitrogens with zero attached hydrogens (tertiary/aromatic N) is 3. The number of alkyl halides is 4. The zero-order valence-electron chi connectivity index (χ0n) is 22.0. The predicted molar refractivity (Wildman–Crippen MR) is 147 cm³/mol. The van der Waals surface area contributed by atoms with E-state index in [4.69, 9.17) is 4.74 Å². The molecule has 0 saturated carbocycles. The molecule has 0 amide bonds. The second kappa shape index (κ2) is 11.6. The number of halogens is 5. The van der Waals surface area contributed by atoms with Crippen LogP contribution in [0.25, 0.3) is 22.0 Å². The van der Waals surface area contributed by atoms with E-state index in [1.54, 1.807) is 29.0 Å².